The van der Waals surface area contributed by atoms with Gasteiger partial charge in [0.25, 0.3) is 5.91 Å². The molecule has 2 N–H and O–H groups in total. The third-order valence-corrected chi connectivity index (χ3v) is 4.47. The van der Waals surface area contributed by atoms with E-state index in [4.69, 9.17) is 10.5 Å². The van der Waals surface area contributed by atoms with E-state index in [2.05, 4.69) is 0 Å². The molecule has 0 saturated carbocycles. The summed E-state index contributed by atoms with van der Waals surface area (Å²) in [4.78, 5) is 37.8. The quantitative estimate of drug-likeness (QED) is 0.553. The lowest BCUT2D eigenvalue weighted by molar-refractivity contribution is -0.121. The first-order valence-corrected chi connectivity index (χ1v) is 9.29. The van der Waals surface area contributed by atoms with Crippen molar-refractivity contribution in [2.24, 2.45) is 5.73 Å². The van der Waals surface area contributed by atoms with Crippen LogP contribution in [0.4, 0.5) is 10.1 Å². The molecular formula is C19H19FN2O4S. The summed E-state index contributed by atoms with van der Waals surface area (Å²) in [5.41, 5.74) is 5.89. The van der Waals surface area contributed by atoms with Gasteiger partial charge in [-0.25, -0.2) is 9.18 Å². The highest BCUT2D eigenvalue weighted by molar-refractivity contribution is 7.98. The Labute approximate surface area is 160 Å². The molecular weight excluding hydrogens is 371 g/mol. The molecule has 0 aliphatic rings. The van der Waals surface area contributed by atoms with Crippen LogP contribution in [0.3, 0.4) is 0 Å². The van der Waals surface area contributed by atoms with Crippen molar-refractivity contribution in [1.29, 1.82) is 0 Å². The molecule has 27 heavy (non-hydrogen) atoms. The van der Waals surface area contributed by atoms with Gasteiger partial charge in [-0.15, -0.1) is 11.8 Å². The highest BCUT2D eigenvalue weighted by Crippen LogP contribution is 2.21. The number of carbonyl (C=O) groups excluding carboxylic acids is 3. The summed E-state index contributed by atoms with van der Waals surface area (Å²) in [7, 11) is 0. The molecule has 0 radical (unpaired) electrons. The average molecular weight is 390 g/mol. The second-order valence-electron chi connectivity index (χ2n) is 5.51. The first kappa shape index (κ1) is 20.4. The van der Waals surface area contributed by atoms with Crippen LogP contribution in [0.1, 0.15) is 16.8 Å². The highest BCUT2D eigenvalue weighted by atomic mass is 32.2. The Hall–Kier alpha value is -2.87. The minimum absolute atomic E-state index is 0.00124. The second kappa shape index (κ2) is 9.72. The maximum absolute atomic E-state index is 13.1. The molecule has 0 aromatic heterocycles. The average Bonchev–Trinajstić information content (AvgIpc) is 2.67. The number of amides is 2. The van der Waals surface area contributed by atoms with Crippen molar-refractivity contribution in [3.05, 3.63) is 59.9 Å². The van der Waals surface area contributed by atoms with E-state index in [1.165, 1.54) is 40.9 Å². The Morgan fingerprint density at radius 1 is 1.11 bits per heavy atom. The van der Waals surface area contributed by atoms with Crippen LogP contribution < -0.4 is 10.6 Å². The van der Waals surface area contributed by atoms with Gasteiger partial charge in [-0.3, -0.25) is 9.59 Å². The number of primary amides is 1. The van der Waals surface area contributed by atoms with Crippen molar-refractivity contribution in [2.75, 3.05) is 24.3 Å². The summed E-state index contributed by atoms with van der Waals surface area (Å²) < 4.78 is 18.3. The number of benzene rings is 2. The monoisotopic (exact) mass is 390 g/mol. The molecule has 2 amide bonds. The van der Waals surface area contributed by atoms with Crippen LogP contribution in [0.2, 0.25) is 0 Å². The van der Waals surface area contributed by atoms with Crippen molar-refractivity contribution < 1.29 is 23.5 Å². The summed E-state index contributed by atoms with van der Waals surface area (Å²) in [5.74, 6) is -2.21. The molecule has 6 nitrogen and oxygen atoms in total. The first-order chi connectivity index (χ1) is 12.9. The number of anilines is 1. The summed E-state index contributed by atoms with van der Waals surface area (Å²) in [6.07, 6.45) is 1.75. The molecule has 2 rings (SSSR count). The fraction of sp³-hybridized carbons (Fsp3) is 0.211. The normalized spacial score (nSPS) is 10.3. The molecule has 142 valence electrons. The van der Waals surface area contributed by atoms with Gasteiger partial charge in [0, 0.05) is 23.5 Å². The van der Waals surface area contributed by atoms with Gasteiger partial charge in [0.2, 0.25) is 5.91 Å². The SMILES string of the molecule is CSc1ccccc1C(=O)OCC(=O)N(CCC(N)=O)c1ccc(F)cc1. The van der Waals surface area contributed by atoms with Crippen LogP contribution in [-0.2, 0) is 14.3 Å². The topological polar surface area (TPSA) is 89.7 Å². The number of rotatable bonds is 8. The summed E-state index contributed by atoms with van der Waals surface area (Å²) in [6, 6.07) is 12.1. The molecule has 0 bridgehead atoms. The van der Waals surface area contributed by atoms with E-state index in [0.717, 1.165) is 4.90 Å². The third-order valence-electron chi connectivity index (χ3n) is 3.67. The van der Waals surface area contributed by atoms with Crippen molar-refractivity contribution in [2.45, 2.75) is 11.3 Å². The number of carbonyl (C=O) groups is 3. The number of nitrogens with zero attached hydrogens (tertiary/aromatic N) is 1. The Bertz CT molecular complexity index is 827. The standard InChI is InChI=1S/C19H19FN2O4S/c1-27-16-5-3-2-4-15(16)19(25)26-12-18(24)22(11-10-17(21)23)14-8-6-13(20)7-9-14/h2-9H,10-12H2,1H3,(H2,21,23). The van der Waals surface area contributed by atoms with Gasteiger partial charge in [0.05, 0.1) is 5.56 Å². The smallest absolute Gasteiger partial charge is 0.339 e. The maximum Gasteiger partial charge on any atom is 0.339 e. The predicted molar refractivity (Wildman–Crippen MR) is 101 cm³/mol. The highest BCUT2D eigenvalue weighted by Gasteiger charge is 2.20. The lowest BCUT2D eigenvalue weighted by Crippen LogP contribution is -2.37. The molecule has 2 aromatic carbocycles. The van der Waals surface area contributed by atoms with Gasteiger partial charge in [-0.1, -0.05) is 12.1 Å². The first-order valence-electron chi connectivity index (χ1n) is 8.06. The number of thioether (sulfide) groups is 1. The Morgan fingerprint density at radius 3 is 2.41 bits per heavy atom. The van der Waals surface area contributed by atoms with Crippen LogP contribution in [0.5, 0.6) is 0 Å². The van der Waals surface area contributed by atoms with Crippen molar-refractivity contribution in [3.63, 3.8) is 0 Å². The van der Waals surface area contributed by atoms with Gasteiger partial charge >= 0.3 is 5.97 Å². The van der Waals surface area contributed by atoms with Gasteiger partial charge < -0.3 is 15.4 Å². The van der Waals surface area contributed by atoms with Crippen LogP contribution in [0.25, 0.3) is 0 Å². The molecule has 8 heteroatoms. The van der Waals surface area contributed by atoms with Gasteiger partial charge in [0.1, 0.15) is 5.82 Å². The van der Waals surface area contributed by atoms with Gasteiger partial charge in [-0.2, -0.15) is 0 Å². The van der Waals surface area contributed by atoms with Crippen LogP contribution >= 0.6 is 11.8 Å². The number of hydrogen-bond donors (Lipinski definition) is 1. The van der Waals surface area contributed by atoms with Crippen LogP contribution in [-0.4, -0.2) is 37.2 Å². The molecule has 0 aliphatic carbocycles. The number of esters is 1. The number of hydrogen-bond acceptors (Lipinski definition) is 5. The van der Waals surface area contributed by atoms with E-state index >= 15 is 0 Å². The van der Waals surface area contributed by atoms with Crippen LogP contribution in [0, 0.1) is 5.82 Å². The van der Waals surface area contributed by atoms with E-state index in [-0.39, 0.29) is 13.0 Å². The summed E-state index contributed by atoms with van der Waals surface area (Å²) >= 11 is 1.39. The fourth-order valence-corrected chi connectivity index (χ4v) is 2.92. The van der Waals surface area contributed by atoms with E-state index in [0.29, 0.717) is 11.3 Å². The molecule has 0 spiro atoms. The van der Waals surface area contributed by atoms with Gasteiger partial charge in [0.15, 0.2) is 6.61 Å². The van der Waals surface area contributed by atoms with Crippen LogP contribution in [0.15, 0.2) is 53.4 Å². The minimum Gasteiger partial charge on any atom is -0.452 e. The molecule has 0 heterocycles. The Balaban J connectivity index is 2.09. The maximum atomic E-state index is 13.1. The number of ether oxygens (including phenoxy) is 1. The number of nitrogens with two attached hydrogens (primary N) is 1. The van der Waals surface area contributed by atoms with E-state index < -0.39 is 30.2 Å². The largest absolute Gasteiger partial charge is 0.452 e. The zero-order valence-corrected chi connectivity index (χ0v) is 15.5. The number of halogens is 1. The molecule has 0 fully saturated rings. The minimum atomic E-state index is -0.623. The van der Waals surface area contributed by atoms with Crippen molar-refractivity contribution in [3.8, 4) is 0 Å². The van der Waals surface area contributed by atoms with Crippen molar-refractivity contribution >= 4 is 35.2 Å². The fourth-order valence-electron chi connectivity index (χ4n) is 2.34. The zero-order valence-electron chi connectivity index (χ0n) is 14.7. The van der Waals surface area contributed by atoms with E-state index in [1.807, 2.05) is 6.26 Å². The van der Waals surface area contributed by atoms with Gasteiger partial charge in [-0.05, 0) is 42.7 Å². The molecule has 0 saturated heterocycles. The molecule has 0 aliphatic heterocycles. The molecule has 0 unspecified atom stereocenters. The summed E-state index contributed by atoms with van der Waals surface area (Å²) in [5, 5.41) is 0. The zero-order chi connectivity index (χ0) is 19.8. The van der Waals surface area contributed by atoms with E-state index in [1.54, 1.807) is 24.3 Å². The predicted octanol–water partition coefficient (Wildman–Crippen LogP) is 2.61. The molecule has 2 aromatic rings. The molecule has 0 atom stereocenters. The summed E-state index contributed by atoms with van der Waals surface area (Å²) in [6.45, 7) is -0.517. The Morgan fingerprint density at radius 2 is 1.78 bits per heavy atom. The lowest BCUT2D eigenvalue weighted by atomic mass is 10.2. The van der Waals surface area contributed by atoms with E-state index in [9.17, 15) is 18.8 Å². The second-order valence-corrected chi connectivity index (χ2v) is 6.36. The lowest BCUT2D eigenvalue weighted by Gasteiger charge is -2.22. The van der Waals surface area contributed by atoms with Crippen molar-refractivity contribution in [1.82, 2.24) is 0 Å². The Kier molecular flexibility index (Phi) is 7.36. The third kappa shape index (κ3) is 5.82.